The highest BCUT2D eigenvalue weighted by Crippen LogP contribution is 2.24. The van der Waals surface area contributed by atoms with E-state index in [9.17, 15) is 0 Å². The minimum Gasteiger partial charge on any atom is -0.494 e. The minimum atomic E-state index is 0.406. The Morgan fingerprint density at radius 1 is 1.12 bits per heavy atom. The molecule has 0 unspecified atom stereocenters. The first-order valence-corrected chi connectivity index (χ1v) is 5.69. The van der Waals surface area contributed by atoms with Crippen molar-refractivity contribution in [1.29, 1.82) is 0 Å². The molecule has 2 aromatic rings. The number of benzene rings is 1. The second-order valence-corrected chi connectivity index (χ2v) is 3.70. The van der Waals surface area contributed by atoms with Gasteiger partial charge in [0.1, 0.15) is 16.7 Å². The third-order valence-electron chi connectivity index (χ3n) is 2.03. The van der Waals surface area contributed by atoms with E-state index in [1.54, 1.807) is 18.2 Å². The quantitative estimate of drug-likeness (QED) is 0.770. The van der Waals surface area contributed by atoms with E-state index in [2.05, 4.69) is 4.98 Å². The molecule has 0 spiro atoms. The molecule has 88 valence electrons. The summed E-state index contributed by atoms with van der Waals surface area (Å²) in [6.45, 7) is 2.56. The number of nitrogens with zero attached hydrogens (tertiary/aromatic N) is 1. The van der Waals surface area contributed by atoms with Crippen LogP contribution in [0.1, 0.15) is 6.92 Å². The number of ether oxygens (including phenoxy) is 2. The molecule has 0 aliphatic rings. The molecule has 1 aromatic carbocycles. The summed E-state index contributed by atoms with van der Waals surface area (Å²) in [7, 11) is 0. The molecule has 0 saturated heterocycles. The van der Waals surface area contributed by atoms with Crippen molar-refractivity contribution < 1.29 is 9.47 Å². The molecule has 0 aliphatic carbocycles. The maximum atomic E-state index is 5.78. The van der Waals surface area contributed by atoms with Gasteiger partial charge in [-0.1, -0.05) is 23.7 Å². The zero-order valence-electron chi connectivity index (χ0n) is 9.39. The van der Waals surface area contributed by atoms with Crippen LogP contribution < -0.4 is 9.47 Å². The Bertz CT molecular complexity index is 502. The van der Waals surface area contributed by atoms with Gasteiger partial charge in [0.05, 0.1) is 6.61 Å². The van der Waals surface area contributed by atoms with Crippen LogP contribution in [0.2, 0.25) is 5.15 Å². The lowest BCUT2D eigenvalue weighted by Gasteiger charge is -2.07. The number of halogens is 1. The van der Waals surface area contributed by atoms with Crippen molar-refractivity contribution >= 4 is 11.6 Å². The van der Waals surface area contributed by atoms with Crippen molar-refractivity contribution in [2.45, 2.75) is 6.92 Å². The van der Waals surface area contributed by atoms with Gasteiger partial charge in [0, 0.05) is 12.1 Å². The van der Waals surface area contributed by atoms with Gasteiger partial charge in [0.25, 0.3) is 0 Å². The zero-order valence-corrected chi connectivity index (χ0v) is 10.1. The van der Waals surface area contributed by atoms with E-state index in [4.69, 9.17) is 21.1 Å². The highest BCUT2D eigenvalue weighted by Gasteiger charge is 2.01. The molecule has 17 heavy (non-hydrogen) atoms. The fourth-order valence-corrected chi connectivity index (χ4v) is 1.52. The van der Waals surface area contributed by atoms with Crippen molar-refractivity contribution in [3.05, 3.63) is 47.6 Å². The van der Waals surface area contributed by atoms with Gasteiger partial charge in [-0.15, -0.1) is 0 Å². The predicted octanol–water partition coefficient (Wildman–Crippen LogP) is 3.93. The molecule has 0 amide bonds. The first kappa shape index (κ1) is 11.7. The summed E-state index contributed by atoms with van der Waals surface area (Å²) >= 11 is 5.78. The van der Waals surface area contributed by atoms with Crippen LogP contribution in [0, 0.1) is 0 Å². The van der Waals surface area contributed by atoms with Crippen molar-refractivity contribution in [2.24, 2.45) is 0 Å². The number of rotatable bonds is 4. The zero-order chi connectivity index (χ0) is 12.1. The number of hydrogen-bond acceptors (Lipinski definition) is 3. The van der Waals surface area contributed by atoms with Gasteiger partial charge in [0.15, 0.2) is 0 Å². The third-order valence-corrected chi connectivity index (χ3v) is 2.24. The molecule has 0 N–H and O–H groups in total. The molecule has 2 rings (SSSR count). The van der Waals surface area contributed by atoms with E-state index in [-0.39, 0.29) is 0 Å². The van der Waals surface area contributed by atoms with Gasteiger partial charge in [-0.3, -0.25) is 0 Å². The van der Waals surface area contributed by atoms with Crippen molar-refractivity contribution in [3.63, 3.8) is 0 Å². The highest BCUT2D eigenvalue weighted by atomic mass is 35.5. The Hall–Kier alpha value is -1.74. The molecule has 3 nitrogen and oxygen atoms in total. The third kappa shape index (κ3) is 3.36. The van der Waals surface area contributed by atoms with E-state index >= 15 is 0 Å². The fourth-order valence-electron chi connectivity index (χ4n) is 1.36. The SMILES string of the molecule is CCOc1cccc(Oc2cccc(Cl)n2)c1. The number of aromatic nitrogens is 1. The lowest BCUT2D eigenvalue weighted by Crippen LogP contribution is -1.92. The Kier molecular flexibility index (Phi) is 3.83. The highest BCUT2D eigenvalue weighted by molar-refractivity contribution is 6.29. The van der Waals surface area contributed by atoms with Gasteiger partial charge in [0.2, 0.25) is 5.88 Å². The molecule has 0 fully saturated rings. The van der Waals surface area contributed by atoms with Gasteiger partial charge in [-0.05, 0) is 25.1 Å². The second kappa shape index (κ2) is 5.55. The van der Waals surface area contributed by atoms with E-state index in [0.29, 0.717) is 23.4 Å². The van der Waals surface area contributed by atoms with Crippen LogP contribution >= 0.6 is 11.6 Å². The molecule has 1 aromatic heterocycles. The van der Waals surface area contributed by atoms with Crippen molar-refractivity contribution in [3.8, 4) is 17.4 Å². The van der Waals surface area contributed by atoms with Crippen molar-refractivity contribution in [2.75, 3.05) is 6.61 Å². The summed E-state index contributed by atoms with van der Waals surface area (Å²) in [6, 6.07) is 12.6. The monoisotopic (exact) mass is 249 g/mol. The van der Waals surface area contributed by atoms with Crippen LogP contribution in [-0.2, 0) is 0 Å². The van der Waals surface area contributed by atoms with Crippen LogP contribution in [0.5, 0.6) is 17.4 Å². The largest absolute Gasteiger partial charge is 0.494 e. The van der Waals surface area contributed by atoms with Crippen LogP contribution in [0.3, 0.4) is 0 Å². The smallest absolute Gasteiger partial charge is 0.220 e. The molecule has 4 heteroatoms. The first-order chi connectivity index (χ1) is 8.28. The molecule has 0 bridgehead atoms. The van der Waals surface area contributed by atoms with Crippen molar-refractivity contribution in [1.82, 2.24) is 4.98 Å². The Labute approximate surface area is 105 Å². The summed E-state index contributed by atoms with van der Waals surface area (Å²) in [5, 5.41) is 0.406. The molecule has 0 atom stereocenters. The number of pyridine rings is 1. The molecular formula is C13H12ClNO2. The van der Waals surface area contributed by atoms with Gasteiger partial charge >= 0.3 is 0 Å². The van der Waals surface area contributed by atoms with Gasteiger partial charge in [-0.2, -0.15) is 0 Å². The molecule has 1 heterocycles. The molecular weight excluding hydrogens is 238 g/mol. The van der Waals surface area contributed by atoms with E-state index in [1.807, 2.05) is 31.2 Å². The summed E-state index contributed by atoms with van der Waals surface area (Å²) in [6.07, 6.45) is 0. The van der Waals surface area contributed by atoms with Crippen LogP contribution in [-0.4, -0.2) is 11.6 Å². The van der Waals surface area contributed by atoms with Gasteiger partial charge < -0.3 is 9.47 Å². The van der Waals surface area contributed by atoms with Gasteiger partial charge in [-0.25, -0.2) is 4.98 Å². The van der Waals surface area contributed by atoms with Crippen LogP contribution in [0.4, 0.5) is 0 Å². The van der Waals surface area contributed by atoms with E-state index in [0.717, 1.165) is 5.75 Å². The summed E-state index contributed by atoms with van der Waals surface area (Å²) in [5.41, 5.74) is 0. The van der Waals surface area contributed by atoms with E-state index < -0.39 is 0 Å². The van der Waals surface area contributed by atoms with E-state index in [1.165, 1.54) is 0 Å². The predicted molar refractivity (Wildman–Crippen MR) is 66.9 cm³/mol. The molecule has 0 radical (unpaired) electrons. The summed E-state index contributed by atoms with van der Waals surface area (Å²) in [5.74, 6) is 1.91. The lowest BCUT2D eigenvalue weighted by atomic mass is 10.3. The Morgan fingerprint density at radius 3 is 2.65 bits per heavy atom. The van der Waals surface area contributed by atoms with Crippen LogP contribution in [0.25, 0.3) is 0 Å². The fraction of sp³-hybridized carbons (Fsp3) is 0.154. The lowest BCUT2D eigenvalue weighted by molar-refractivity contribution is 0.338. The minimum absolute atomic E-state index is 0.406. The van der Waals surface area contributed by atoms with Crippen LogP contribution in [0.15, 0.2) is 42.5 Å². The summed E-state index contributed by atoms with van der Waals surface area (Å²) in [4.78, 5) is 4.05. The summed E-state index contributed by atoms with van der Waals surface area (Å²) < 4.78 is 11.0. The maximum absolute atomic E-state index is 5.78. The molecule has 0 saturated carbocycles. The maximum Gasteiger partial charge on any atom is 0.220 e. The topological polar surface area (TPSA) is 31.4 Å². The Balaban J connectivity index is 2.15. The Morgan fingerprint density at radius 2 is 1.88 bits per heavy atom. The molecule has 0 aliphatic heterocycles. The normalized spacial score (nSPS) is 10.0. The standard InChI is InChI=1S/C13H12ClNO2/c1-2-16-10-5-3-6-11(9-10)17-13-8-4-7-12(14)15-13/h3-9H,2H2,1H3. The average molecular weight is 250 g/mol. The number of hydrogen-bond donors (Lipinski definition) is 0. The second-order valence-electron chi connectivity index (χ2n) is 3.31. The first-order valence-electron chi connectivity index (χ1n) is 5.31. The average Bonchev–Trinajstić information content (AvgIpc) is 2.30.